The second kappa shape index (κ2) is 6.61. The maximum Gasteiger partial charge on any atom is 0.0889 e. The Hall–Kier alpha value is -2.04. The Morgan fingerprint density at radius 2 is 1.67 bits per heavy atom. The van der Waals surface area contributed by atoms with Crippen molar-refractivity contribution in [1.29, 1.82) is 0 Å². The monoisotopic (exact) mass is 310 g/mol. The molecular weight excluding hydrogens is 296 g/mol. The van der Waals surface area contributed by atoms with E-state index >= 15 is 0 Å². The van der Waals surface area contributed by atoms with Crippen molar-refractivity contribution in [1.82, 2.24) is 0 Å². The minimum absolute atomic E-state index is 0.817. The molecule has 21 heavy (non-hydrogen) atoms. The van der Waals surface area contributed by atoms with Crippen LogP contribution in [0.3, 0.4) is 0 Å². The fraction of sp³-hybridized carbons (Fsp3) is 0.0588. The zero-order valence-electron chi connectivity index (χ0n) is 11.4. The second-order valence-corrected chi connectivity index (χ2v) is 6.42. The maximum absolute atomic E-state index is 4.85. The van der Waals surface area contributed by atoms with Gasteiger partial charge in [-0.2, -0.15) is 0 Å². The Morgan fingerprint density at radius 3 is 2.33 bits per heavy atom. The molecule has 0 aliphatic carbocycles. The molecule has 2 nitrogen and oxygen atoms in total. The summed E-state index contributed by atoms with van der Waals surface area (Å²) in [5.41, 5.74) is 2.76. The molecule has 3 aromatic rings. The van der Waals surface area contributed by atoms with Crippen LogP contribution in [-0.4, -0.2) is 12.4 Å². The van der Waals surface area contributed by atoms with Gasteiger partial charge in [-0.05, 0) is 41.7 Å². The molecule has 0 saturated heterocycles. The number of benzene rings is 1. The summed E-state index contributed by atoms with van der Waals surface area (Å²) in [7, 11) is 0. The number of hydrogen-bond acceptors (Lipinski definition) is 4. The minimum atomic E-state index is 0.817. The first-order chi connectivity index (χ1) is 10.4. The van der Waals surface area contributed by atoms with Gasteiger partial charge in [0.15, 0.2) is 0 Å². The Bertz CT molecular complexity index is 741. The first-order valence-corrected chi connectivity index (χ1v) is 8.32. The van der Waals surface area contributed by atoms with Crippen LogP contribution in [0, 0.1) is 0 Å². The Labute approximate surface area is 132 Å². The van der Waals surface area contributed by atoms with Gasteiger partial charge >= 0.3 is 0 Å². The van der Waals surface area contributed by atoms with E-state index in [1.165, 1.54) is 9.75 Å². The van der Waals surface area contributed by atoms with Gasteiger partial charge in [-0.15, -0.1) is 22.7 Å². The normalized spacial score (nSPS) is 11.5. The van der Waals surface area contributed by atoms with Crippen molar-refractivity contribution < 1.29 is 0 Å². The molecule has 0 N–H and O–H groups in total. The van der Waals surface area contributed by atoms with E-state index in [0.29, 0.717) is 0 Å². The zero-order valence-corrected chi connectivity index (χ0v) is 13.0. The summed E-state index contributed by atoms with van der Waals surface area (Å²) in [6.07, 6.45) is 0.837. The minimum Gasteiger partial charge on any atom is -0.262 e. The lowest BCUT2D eigenvalue weighted by atomic mass is 10.2. The lowest BCUT2D eigenvalue weighted by Gasteiger charge is -2.05. The summed E-state index contributed by atoms with van der Waals surface area (Å²) < 4.78 is 0. The number of nitrogens with zero attached hydrogens (tertiary/aromatic N) is 2. The van der Waals surface area contributed by atoms with Gasteiger partial charge in [0.25, 0.3) is 0 Å². The van der Waals surface area contributed by atoms with Crippen molar-refractivity contribution in [3.05, 3.63) is 69.0 Å². The number of para-hydroxylation sites is 2. The van der Waals surface area contributed by atoms with Crippen molar-refractivity contribution in [2.75, 3.05) is 0 Å². The molecule has 0 fully saturated rings. The fourth-order valence-corrected chi connectivity index (χ4v) is 3.46. The average molecular weight is 310 g/mol. The highest BCUT2D eigenvalue weighted by Crippen LogP contribution is 2.29. The van der Waals surface area contributed by atoms with E-state index in [1.54, 1.807) is 22.7 Å². The molecule has 3 rings (SSSR count). The van der Waals surface area contributed by atoms with E-state index in [9.17, 15) is 0 Å². The van der Waals surface area contributed by atoms with Crippen LogP contribution in [-0.2, 0) is 6.42 Å². The summed E-state index contributed by atoms with van der Waals surface area (Å²) in [6, 6.07) is 16.2. The van der Waals surface area contributed by atoms with E-state index < -0.39 is 0 Å². The molecule has 0 amide bonds. The van der Waals surface area contributed by atoms with Crippen LogP contribution >= 0.6 is 22.7 Å². The van der Waals surface area contributed by atoms with Crippen molar-refractivity contribution >= 4 is 46.5 Å². The third-order valence-electron chi connectivity index (χ3n) is 3.03. The number of aliphatic imine (C=N–C) groups is 2. The van der Waals surface area contributed by atoms with E-state index in [0.717, 1.165) is 23.5 Å². The maximum atomic E-state index is 4.85. The van der Waals surface area contributed by atoms with Crippen LogP contribution in [0.25, 0.3) is 0 Å². The second-order valence-electron chi connectivity index (χ2n) is 4.44. The predicted molar refractivity (Wildman–Crippen MR) is 94.2 cm³/mol. The quantitative estimate of drug-likeness (QED) is 0.555. The fourth-order valence-electron chi connectivity index (χ4n) is 2.04. The SMILES string of the molecule is C=Nc1ccccc1N=C(Cc1cccs1)c1cccs1. The van der Waals surface area contributed by atoms with Gasteiger partial charge in [0.2, 0.25) is 0 Å². The van der Waals surface area contributed by atoms with Gasteiger partial charge in [-0.25, -0.2) is 4.99 Å². The third-order valence-corrected chi connectivity index (χ3v) is 4.83. The van der Waals surface area contributed by atoms with Crippen molar-refractivity contribution in [2.45, 2.75) is 6.42 Å². The molecule has 0 unspecified atom stereocenters. The van der Waals surface area contributed by atoms with Crippen LogP contribution in [0.1, 0.15) is 9.75 Å². The average Bonchev–Trinajstić information content (AvgIpc) is 3.20. The number of thiophene rings is 2. The summed E-state index contributed by atoms with van der Waals surface area (Å²) in [6.45, 7) is 3.62. The lowest BCUT2D eigenvalue weighted by Crippen LogP contribution is -2.01. The van der Waals surface area contributed by atoms with Crippen LogP contribution < -0.4 is 0 Å². The molecular formula is C17H14N2S2. The first-order valence-electron chi connectivity index (χ1n) is 6.56. The van der Waals surface area contributed by atoms with E-state index in [-0.39, 0.29) is 0 Å². The van der Waals surface area contributed by atoms with Crippen molar-refractivity contribution in [3.63, 3.8) is 0 Å². The molecule has 4 heteroatoms. The van der Waals surface area contributed by atoms with Gasteiger partial charge in [-0.3, -0.25) is 4.99 Å². The molecule has 0 radical (unpaired) electrons. The zero-order chi connectivity index (χ0) is 14.5. The van der Waals surface area contributed by atoms with Crippen LogP contribution in [0.15, 0.2) is 69.3 Å². The standard InChI is InChI=1S/C17H14N2S2/c1-18-14-7-2-3-8-15(14)19-16(17-9-5-11-21-17)12-13-6-4-10-20-13/h2-11H,1,12H2. The highest BCUT2D eigenvalue weighted by Gasteiger charge is 2.09. The number of rotatable bonds is 5. The van der Waals surface area contributed by atoms with Gasteiger partial charge in [0.05, 0.1) is 17.1 Å². The van der Waals surface area contributed by atoms with Crippen LogP contribution in [0.4, 0.5) is 11.4 Å². The third kappa shape index (κ3) is 3.35. The molecule has 104 valence electrons. The first kappa shape index (κ1) is 13.9. The van der Waals surface area contributed by atoms with Gasteiger partial charge in [-0.1, -0.05) is 24.3 Å². The lowest BCUT2D eigenvalue weighted by molar-refractivity contribution is 1.36. The molecule has 2 aromatic heterocycles. The Morgan fingerprint density at radius 1 is 0.905 bits per heavy atom. The summed E-state index contributed by atoms with van der Waals surface area (Å²) in [4.78, 5) is 11.4. The van der Waals surface area contributed by atoms with E-state index in [2.05, 4.69) is 46.7 Å². The van der Waals surface area contributed by atoms with Crippen molar-refractivity contribution in [2.24, 2.45) is 9.98 Å². The summed E-state index contributed by atoms with van der Waals surface area (Å²) in [5, 5.41) is 4.18. The highest BCUT2D eigenvalue weighted by atomic mass is 32.1. The van der Waals surface area contributed by atoms with E-state index in [1.807, 2.05) is 24.3 Å². The molecule has 1 aromatic carbocycles. The summed E-state index contributed by atoms with van der Waals surface area (Å²) in [5.74, 6) is 0. The Kier molecular flexibility index (Phi) is 4.38. The van der Waals surface area contributed by atoms with Gasteiger partial charge in [0.1, 0.15) is 0 Å². The molecule has 0 aliphatic rings. The number of hydrogen-bond donors (Lipinski definition) is 0. The summed E-state index contributed by atoms with van der Waals surface area (Å²) >= 11 is 3.47. The topological polar surface area (TPSA) is 24.7 Å². The molecule has 2 heterocycles. The predicted octanol–water partition coefficient (Wildman–Crippen LogP) is 5.51. The van der Waals surface area contributed by atoms with Gasteiger partial charge in [0, 0.05) is 16.2 Å². The highest BCUT2D eigenvalue weighted by molar-refractivity contribution is 7.12. The largest absolute Gasteiger partial charge is 0.262 e. The van der Waals surface area contributed by atoms with Crippen molar-refractivity contribution in [3.8, 4) is 0 Å². The van der Waals surface area contributed by atoms with Crippen LogP contribution in [0.2, 0.25) is 0 Å². The van der Waals surface area contributed by atoms with E-state index in [4.69, 9.17) is 4.99 Å². The molecule has 0 saturated carbocycles. The molecule has 0 bridgehead atoms. The van der Waals surface area contributed by atoms with Gasteiger partial charge < -0.3 is 0 Å². The molecule has 0 atom stereocenters. The molecule has 0 spiro atoms. The Balaban J connectivity index is 2.02. The van der Waals surface area contributed by atoms with Crippen LogP contribution in [0.5, 0.6) is 0 Å². The molecule has 0 aliphatic heterocycles. The smallest absolute Gasteiger partial charge is 0.0889 e.